The third-order valence-corrected chi connectivity index (χ3v) is 4.05. The molecule has 0 bridgehead atoms. The lowest BCUT2D eigenvalue weighted by molar-refractivity contribution is 0.0639. The van der Waals surface area contributed by atoms with Crippen molar-refractivity contribution in [2.75, 3.05) is 51.7 Å². The SMILES string of the molecule is CCOc1cc(C(=O)N2CCN(CC)CC2)c(OCC)cc1N. The molecule has 0 saturated carbocycles. The molecule has 23 heavy (non-hydrogen) atoms. The topological polar surface area (TPSA) is 68.0 Å². The first-order chi connectivity index (χ1) is 11.1. The van der Waals surface area contributed by atoms with E-state index in [1.807, 2.05) is 18.7 Å². The van der Waals surface area contributed by atoms with Crippen LogP contribution in [0.1, 0.15) is 31.1 Å². The smallest absolute Gasteiger partial charge is 0.257 e. The van der Waals surface area contributed by atoms with Crippen molar-refractivity contribution in [2.45, 2.75) is 20.8 Å². The molecule has 0 atom stereocenters. The molecule has 1 fully saturated rings. The third kappa shape index (κ3) is 4.07. The number of ether oxygens (including phenoxy) is 2. The fourth-order valence-electron chi connectivity index (χ4n) is 2.74. The molecule has 1 aromatic carbocycles. The van der Waals surface area contributed by atoms with Crippen LogP contribution in [-0.2, 0) is 0 Å². The highest BCUT2D eigenvalue weighted by atomic mass is 16.5. The van der Waals surface area contributed by atoms with Gasteiger partial charge in [0.25, 0.3) is 5.91 Å². The van der Waals surface area contributed by atoms with Gasteiger partial charge in [0.05, 0.1) is 24.5 Å². The second-order valence-corrected chi connectivity index (χ2v) is 5.48. The quantitative estimate of drug-likeness (QED) is 0.810. The second kappa shape index (κ2) is 8.06. The number of anilines is 1. The van der Waals surface area contributed by atoms with Gasteiger partial charge < -0.3 is 25.0 Å². The highest BCUT2D eigenvalue weighted by Gasteiger charge is 2.25. The molecule has 128 valence electrons. The summed E-state index contributed by atoms with van der Waals surface area (Å²) in [7, 11) is 0. The lowest BCUT2D eigenvalue weighted by Crippen LogP contribution is -2.48. The van der Waals surface area contributed by atoms with Crippen molar-refractivity contribution in [3.63, 3.8) is 0 Å². The molecule has 1 heterocycles. The highest BCUT2D eigenvalue weighted by Crippen LogP contribution is 2.32. The van der Waals surface area contributed by atoms with Crippen LogP contribution >= 0.6 is 0 Å². The summed E-state index contributed by atoms with van der Waals surface area (Å²) in [5.41, 5.74) is 7.00. The number of nitrogens with two attached hydrogens (primary N) is 1. The van der Waals surface area contributed by atoms with Gasteiger partial charge in [0, 0.05) is 32.2 Å². The Bertz CT molecular complexity index is 540. The predicted octanol–water partition coefficient (Wildman–Crippen LogP) is 1.84. The van der Waals surface area contributed by atoms with Gasteiger partial charge in [-0.2, -0.15) is 0 Å². The van der Waals surface area contributed by atoms with E-state index in [-0.39, 0.29) is 5.91 Å². The van der Waals surface area contributed by atoms with Crippen molar-refractivity contribution in [1.29, 1.82) is 0 Å². The van der Waals surface area contributed by atoms with Gasteiger partial charge in [0.1, 0.15) is 11.5 Å². The van der Waals surface area contributed by atoms with E-state index in [9.17, 15) is 4.79 Å². The molecule has 0 radical (unpaired) electrons. The number of carbonyl (C=O) groups is 1. The lowest BCUT2D eigenvalue weighted by atomic mass is 10.1. The zero-order valence-electron chi connectivity index (χ0n) is 14.3. The summed E-state index contributed by atoms with van der Waals surface area (Å²) in [6.45, 7) is 11.2. The van der Waals surface area contributed by atoms with E-state index in [0.29, 0.717) is 36.0 Å². The number of benzene rings is 1. The molecule has 1 aliphatic heterocycles. The maximum atomic E-state index is 12.9. The summed E-state index contributed by atoms with van der Waals surface area (Å²) in [4.78, 5) is 17.1. The first-order valence-electron chi connectivity index (χ1n) is 8.31. The van der Waals surface area contributed by atoms with Crippen LogP contribution in [0.4, 0.5) is 5.69 Å². The maximum Gasteiger partial charge on any atom is 0.257 e. The summed E-state index contributed by atoms with van der Waals surface area (Å²) >= 11 is 0. The van der Waals surface area contributed by atoms with Gasteiger partial charge >= 0.3 is 0 Å². The molecule has 6 heteroatoms. The Kier molecular flexibility index (Phi) is 6.10. The number of hydrogen-bond acceptors (Lipinski definition) is 5. The molecule has 1 saturated heterocycles. The van der Waals surface area contributed by atoms with Crippen LogP contribution in [0.3, 0.4) is 0 Å². The van der Waals surface area contributed by atoms with Gasteiger partial charge in [-0.3, -0.25) is 4.79 Å². The second-order valence-electron chi connectivity index (χ2n) is 5.48. The van der Waals surface area contributed by atoms with E-state index >= 15 is 0 Å². The fourth-order valence-corrected chi connectivity index (χ4v) is 2.74. The maximum absolute atomic E-state index is 12.9. The minimum atomic E-state index is -0.0230. The minimum absolute atomic E-state index is 0.0230. The minimum Gasteiger partial charge on any atom is -0.493 e. The molecule has 0 aliphatic carbocycles. The third-order valence-electron chi connectivity index (χ3n) is 4.05. The molecule has 2 rings (SSSR count). The predicted molar refractivity (Wildman–Crippen MR) is 91.2 cm³/mol. The van der Waals surface area contributed by atoms with Crippen molar-refractivity contribution in [1.82, 2.24) is 9.80 Å². The summed E-state index contributed by atoms with van der Waals surface area (Å²) in [5, 5.41) is 0. The largest absolute Gasteiger partial charge is 0.493 e. The molecule has 2 N–H and O–H groups in total. The zero-order chi connectivity index (χ0) is 16.8. The molecular weight excluding hydrogens is 294 g/mol. The van der Waals surface area contributed by atoms with Crippen LogP contribution < -0.4 is 15.2 Å². The number of carbonyl (C=O) groups excluding carboxylic acids is 1. The summed E-state index contributed by atoms with van der Waals surface area (Å²) in [6, 6.07) is 3.39. The molecule has 0 spiro atoms. The van der Waals surface area contributed by atoms with Crippen LogP contribution in [-0.4, -0.2) is 61.6 Å². The van der Waals surface area contributed by atoms with Gasteiger partial charge in [-0.25, -0.2) is 0 Å². The number of nitrogen functional groups attached to an aromatic ring is 1. The Morgan fingerprint density at radius 2 is 1.65 bits per heavy atom. The number of amides is 1. The Balaban J connectivity index is 2.25. The molecule has 1 aliphatic rings. The van der Waals surface area contributed by atoms with Crippen molar-refractivity contribution >= 4 is 11.6 Å². The summed E-state index contributed by atoms with van der Waals surface area (Å²) in [5.74, 6) is 1.04. The summed E-state index contributed by atoms with van der Waals surface area (Å²) < 4.78 is 11.1. The number of hydrogen-bond donors (Lipinski definition) is 1. The average Bonchev–Trinajstić information content (AvgIpc) is 2.57. The normalized spacial score (nSPS) is 15.5. The zero-order valence-corrected chi connectivity index (χ0v) is 14.3. The summed E-state index contributed by atoms with van der Waals surface area (Å²) in [6.07, 6.45) is 0. The fraction of sp³-hybridized carbons (Fsp3) is 0.588. The number of nitrogens with zero attached hydrogens (tertiary/aromatic N) is 2. The van der Waals surface area contributed by atoms with Gasteiger partial charge in [-0.1, -0.05) is 6.92 Å². The standard InChI is InChI=1S/C17H27N3O3/c1-4-19-7-9-20(10-8-19)17(21)13-11-16(23-6-3)14(18)12-15(13)22-5-2/h11-12H,4-10,18H2,1-3H3. The van der Waals surface area contributed by atoms with Gasteiger partial charge in [0.2, 0.25) is 0 Å². The van der Waals surface area contributed by atoms with Crippen molar-refractivity contribution in [3.8, 4) is 11.5 Å². The average molecular weight is 321 g/mol. The molecule has 0 aromatic heterocycles. The van der Waals surface area contributed by atoms with E-state index < -0.39 is 0 Å². The highest BCUT2D eigenvalue weighted by molar-refractivity contribution is 5.98. The molecular formula is C17H27N3O3. The molecule has 1 amide bonds. The Morgan fingerprint density at radius 1 is 1.04 bits per heavy atom. The van der Waals surface area contributed by atoms with Crippen molar-refractivity contribution in [3.05, 3.63) is 17.7 Å². The number of likely N-dealkylation sites (N-methyl/N-ethyl adjacent to an activating group) is 1. The van der Waals surface area contributed by atoms with E-state index in [0.717, 1.165) is 32.7 Å². The van der Waals surface area contributed by atoms with E-state index in [1.54, 1.807) is 12.1 Å². The van der Waals surface area contributed by atoms with Gasteiger partial charge in [0.15, 0.2) is 0 Å². The van der Waals surface area contributed by atoms with E-state index in [1.165, 1.54) is 0 Å². The molecule has 1 aromatic rings. The van der Waals surface area contributed by atoms with Crippen LogP contribution in [0.15, 0.2) is 12.1 Å². The molecule has 0 unspecified atom stereocenters. The van der Waals surface area contributed by atoms with Crippen LogP contribution in [0.2, 0.25) is 0 Å². The van der Waals surface area contributed by atoms with E-state index in [4.69, 9.17) is 15.2 Å². The van der Waals surface area contributed by atoms with Crippen molar-refractivity contribution < 1.29 is 14.3 Å². The van der Waals surface area contributed by atoms with Gasteiger partial charge in [-0.15, -0.1) is 0 Å². The van der Waals surface area contributed by atoms with Gasteiger partial charge in [-0.05, 0) is 26.5 Å². The Morgan fingerprint density at radius 3 is 2.22 bits per heavy atom. The Labute approximate surface area is 138 Å². The number of piperazine rings is 1. The lowest BCUT2D eigenvalue weighted by Gasteiger charge is -2.34. The first kappa shape index (κ1) is 17.4. The van der Waals surface area contributed by atoms with E-state index in [2.05, 4.69) is 11.8 Å². The van der Waals surface area contributed by atoms with Crippen LogP contribution in [0, 0.1) is 0 Å². The number of rotatable bonds is 6. The van der Waals surface area contributed by atoms with Crippen molar-refractivity contribution in [2.24, 2.45) is 0 Å². The first-order valence-corrected chi connectivity index (χ1v) is 8.31. The Hall–Kier alpha value is -1.95. The van der Waals surface area contributed by atoms with Crippen LogP contribution in [0.25, 0.3) is 0 Å². The molecule has 6 nitrogen and oxygen atoms in total. The monoisotopic (exact) mass is 321 g/mol. The van der Waals surface area contributed by atoms with Crippen LogP contribution in [0.5, 0.6) is 11.5 Å².